The average molecular weight is 435 g/mol. The van der Waals surface area contributed by atoms with Crippen LogP contribution < -0.4 is 5.32 Å². The molecule has 2 N–H and O–H groups in total. The Balaban J connectivity index is 1.27. The molecule has 0 amide bonds. The van der Waals surface area contributed by atoms with Crippen molar-refractivity contribution in [2.75, 3.05) is 7.05 Å². The molecule has 0 radical (unpaired) electrons. The molecule has 0 spiro atoms. The molecular weight excluding hydrogens is 403 g/mol. The van der Waals surface area contributed by atoms with Gasteiger partial charge in [0.05, 0.1) is 6.10 Å². The first-order valence-electron chi connectivity index (χ1n) is 11.2. The minimum atomic E-state index is -0.522. The van der Waals surface area contributed by atoms with Gasteiger partial charge in [0.15, 0.2) is 0 Å². The van der Waals surface area contributed by atoms with E-state index in [-0.39, 0.29) is 6.04 Å². The highest BCUT2D eigenvalue weighted by atomic mass is 19.1. The van der Waals surface area contributed by atoms with Gasteiger partial charge in [0, 0.05) is 54.9 Å². The van der Waals surface area contributed by atoms with Gasteiger partial charge in [-0.1, -0.05) is 30.3 Å². The second-order valence-corrected chi connectivity index (χ2v) is 8.92. The maximum atomic E-state index is 13.4. The Bertz CT molecular complexity index is 1010. The van der Waals surface area contributed by atoms with E-state index in [1.54, 1.807) is 25.5 Å². The van der Waals surface area contributed by atoms with Crippen molar-refractivity contribution in [3.8, 4) is 0 Å². The number of halogens is 1. The van der Waals surface area contributed by atoms with E-state index in [0.29, 0.717) is 11.6 Å². The summed E-state index contributed by atoms with van der Waals surface area (Å²) in [4.78, 5) is 10.1. The number of nitrogens with zero attached hydrogens (tertiary/aromatic N) is 3. The predicted molar refractivity (Wildman–Crippen MR) is 123 cm³/mol. The van der Waals surface area contributed by atoms with Gasteiger partial charge in [-0.25, -0.2) is 4.98 Å². The molecule has 0 bridgehead atoms. The number of aliphatic hydroxyl groups excluding tert-OH is 1. The van der Waals surface area contributed by atoms with Crippen LogP contribution in [0.3, 0.4) is 0 Å². The fourth-order valence-electron chi connectivity index (χ4n) is 4.49. The molecule has 1 saturated heterocycles. The molecule has 168 valence electrons. The van der Waals surface area contributed by atoms with Crippen molar-refractivity contribution < 1.29 is 9.50 Å². The second-order valence-electron chi connectivity index (χ2n) is 8.92. The summed E-state index contributed by atoms with van der Waals surface area (Å²) >= 11 is 0. The third-order valence-corrected chi connectivity index (χ3v) is 6.16. The highest BCUT2D eigenvalue weighted by Crippen LogP contribution is 2.26. The molecule has 4 rings (SSSR count). The first-order valence-corrected chi connectivity index (χ1v) is 11.2. The van der Waals surface area contributed by atoms with E-state index in [1.165, 1.54) is 11.1 Å². The van der Waals surface area contributed by atoms with Crippen molar-refractivity contribution in [3.05, 3.63) is 94.8 Å². The Hall–Kier alpha value is -2.67. The molecule has 0 saturated carbocycles. The molecule has 32 heavy (non-hydrogen) atoms. The minimum absolute atomic E-state index is 0.0710. The summed E-state index contributed by atoms with van der Waals surface area (Å²) in [6.45, 7) is 3.28. The summed E-state index contributed by atoms with van der Waals surface area (Å²) in [6.07, 6.45) is 7.51. The number of nitrogens with one attached hydrogen (secondary N) is 1. The van der Waals surface area contributed by atoms with Gasteiger partial charge < -0.3 is 10.4 Å². The summed E-state index contributed by atoms with van der Waals surface area (Å²) in [5.41, 5.74) is 5.00. The van der Waals surface area contributed by atoms with E-state index in [0.717, 1.165) is 43.5 Å². The van der Waals surface area contributed by atoms with Gasteiger partial charge in [-0.05, 0) is 62.1 Å². The Morgan fingerprint density at radius 3 is 2.56 bits per heavy atom. The zero-order valence-corrected chi connectivity index (χ0v) is 18.7. The number of aliphatic hydroxyl groups is 1. The zero-order chi connectivity index (χ0) is 22.5. The number of aromatic nitrogens is 2. The summed E-state index contributed by atoms with van der Waals surface area (Å²) in [6, 6.07) is 14.8. The monoisotopic (exact) mass is 434 g/mol. The van der Waals surface area contributed by atoms with E-state index < -0.39 is 12.1 Å². The van der Waals surface area contributed by atoms with Crippen LogP contribution in [0.15, 0.2) is 61.1 Å². The average Bonchev–Trinajstić information content (AvgIpc) is 3.26. The molecule has 0 aliphatic carbocycles. The van der Waals surface area contributed by atoms with E-state index >= 15 is 0 Å². The Morgan fingerprint density at radius 1 is 1.09 bits per heavy atom. The van der Waals surface area contributed by atoms with Crippen LogP contribution in [0.5, 0.6) is 0 Å². The quantitative estimate of drug-likeness (QED) is 0.526. The van der Waals surface area contributed by atoms with Crippen LogP contribution in [0.1, 0.15) is 46.8 Å². The maximum absolute atomic E-state index is 13.4. The van der Waals surface area contributed by atoms with Crippen molar-refractivity contribution in [1.82, 2.24) is 20.2 Å². The Morgan fingerprint density at radius 2 is 1.84 bits per heavy atom. The third-order valence-electron chi connectivity index (χ3n) is 6.16. The van der Waals surface area contributed by atoms with Gasteiger partial charge in [-0.3, -0.25) is 9.88 Å². The zero-order valence-electron chi connectivity index (χ0n) is 18.7. The normalized spacial score (nSPS) is 19.4. The second kappa shape index (κ2) is 10.3. The summed E-state index contributed by atoms with van der Waals surface area (Å²) in [5, 5.41) is 14.2. The molecule has 3 heterocycles. The van der Waals surface area contributed by atoms with Gasteiger partial charge in [0.1, 0.15) is 0 Å². The van der Waals surface area contributed by atoms with Crippen LogP contribution >= 0.6 is 0 Å². The van der Waals surface area contributed by atoms with Crippen molar-refractivity contribution in [3.63, 3.8) is 0 Å². The number of rotatable bonds is 8. The van der Waals surface area contributed by atoms with Crippen LogP contribution in [0, 0.1) is 12.9 Å². The third kappa shape index (κ3) is 5.76. The van der Waals surface area contributed by atoms with E-state index in [1.807, 2.05) is 18.2 Å². The topological polar surface area (TPSA) is 61.3 Å². The highest BCUT2D eigenvalue weighted by molar-refractivity contribution is 5.24. The van der Waals surface area contributed by atoms with Crippen LogP contribution in [-0.2, 0) is 19.5 Å². The lowest BCUT2D eigenvalue weighted by Gasteiger charge is -2.20. The number of pyridine rings is 2. The van der Waals surface area contributed by atoms with Crippen molar-refractivity contribution in [1.29, 1.82) is 0 Å². The lowest BCUT2D eigenvalue weighted by atomic mass is 10.0. The summed E-state index contributed by atoms with van der Waals surface area (Å²) in [7, 11) is 2.06. The molecule has 1 aromatic carbocycles. The largest absolute Gasteiger partial charge is 0.387 e. The molecule has 3 aromatic rings. The van der Waals surface area contributed by atoms with Crippen LogP contribution in [0.4, 0.5) is 4.39 Å². The molecule has 2 aromatic heterocycles. The highest BCUT2D eigenvalue weighted by Gasteiger charge is 2.30. The lowest BCUT2D eigenvalue weighted by molar-refractivity contribution is 0.135. The van der Waals surface area contributed by atoms with Gasteiger partial charge in [-0.2, -0.15) is 4.39 Å². The first kappa shape index (κ1) is 22.5. The van der Waals surface area contributed by atoms with E-state index in [9.17, 15) is 9.50 Å². The molecule has 1 fully saturated rings. The molecule has 6 heteroatoms. The SMILES string of the molecule is Cc1cc(CN(C)Cc2ccc(C[C@H]3CC[C@H](C(O)c4cccnc4)N3)cc2)cnc1F. The summed E-state index contributed by atoms with van der Waals surface area (Å²) < 4.78 is 13.4. The minimum Gasteiger partial charge on any atom is -0.387 e. The standard InChI is InChI=1S/C26H31FN4O/c1-18-12-21(14-29-26(18)27)17-31(2)16-20-7-5-19(6-8-20)13-23-9-10-24(30-23)25(32)22-4-3-11-28-15-22/h3-8,11-12,14-15,23-25,30,32H,9-10,13,16-17H2,1-2H3/t23-,24-,25?/m1/s1. The Kier molecular flexibility index (Phi) is 7.25. The molecule has 1 aliphatic heterocycles. The van der Waals surface area contributed by atoms with Gasteiger partial charge in [0.25, 0.3) is 0 Å². The molecule has 1 unspecified atom stereocenters. The molecular formula is C26H31FN4O. The number of aryl methyl sites for hydroxylation is 1. The van der Waals surface area contributed by atoms with Crippen LogP contribution in [0.25, 0.3) is 0 Å². The van der Waals surface area contributed by atoms with Gasteiger partial charge >= 0.3 is 0 Å². The predicted octanol–water partition coefficient (Wildman–Crippen LogP) is 3.95. The van der Waals surface area contributed by atoms with Gasteiger partial charge in [0.2, 0.25) is 5.95 Å². The van der Waals surface area contributed by atoms with E-state index in [2.05, 4.69) is 51.5 Å². The number of hydrogen-bond acceptors (Lipinski definition) is 5. The fourth-order valence-corrected chi connectivity index (χ4v) is 4.49. The molecule has 3 atom stereocenters. The van der Waals surface area contributed by atoms with Crippen molar-refractivity contribution in [2.24, 2.45) is 0 Å². The van der Waals surface area contributed by atoms with Crippen molar-refractivity contribution >= 4 is 0 Å². The number of benzene rings is 1. The smallest absolute Gasteiger partial charge is 0.215 e. The lowest BCUT2D eigenvalue weighted by Crippen LogP contribution is -2.35. The van der Waals surface area contributed by atoms with Crippen LogP contribution in [0.2, 0.25) is 0 Å². The first-order chi connectivity index (χ1) is 15.5. The summed E-state index contributed by atoms with van der Waals surface area (Å²) in [5.74, 6) is -0.401. The van der Waals surface area contributed by atoms with E-state index in [4.69, 9.17) is 0 Å². The van der Waals surface area contributed by atoms with Crippen LogP contribution in [-0.4, -0.2) is 39.1 Å². The van der Waals surface area contributed by atoms with Crippen molar-refractivity contribution in [2.45, 2.75) is 57.5 Å². The maximum Gasteiger partial charge on any atom is 0.215 e. The number of hydrogen-bond donors (Lipinski definition) is 2. The van der Waals surface area contributed by atoms with Gasteiger partial charge in [-0.15, -0.1) is 0 Å². The molecule has 5 nitrogen and oxygen atoms in total. The fraction of sp³-hybridized carbons (Fsp3) is 0.385. The Labute approximate surface area is 189 Å². The molecule has 1 aliphatic rings.